The van der Waals surface area contributed by atoms with E-state index in [0.717, 1.165) is 16.0 Å². The molecule has 42 heavy (non-hydrogen) atoms. The minimum absolute atomic E-state index is 0.0153. The molecule has 1 N–H and O–H groups in total. The molecule has 9 nitrogen and oxygen atoms in total. The molecule has 4 aromatic rings. The lowest BCUT2D eigenvalue weighted by Gasteiger charge is -2.24. The van der Waals surface area contributed by atoms with Crippen LogP contribution in [0, 0.1) is 0 Å². The Hall–Kier alpha value is -4.57. The summed E-state index contributed by atoms with van der Waals surface area (Å²) in [6.45, 7) is 6.69. The first kappa shape index (κ1) is 27.6. The van der Waals surface area contributed by atoms with Crippen LogP contribution in [0.25, 0.3) is 16.0 Å². The fraction of sp³-hybridized carbons (Fsp3) is 0.281. The van der Waals surface area contributed by atoms with Crippen molar-refractivity contribution in [3.8, 4) is 23.0 Å². The average molecular weight is 587 g/mol. The molecule has 216 valence electrons. The van der Waals surface area contributed by atoms with Gasteiger partial charge in [0.2, 0.25) is 0 Å². The van der Waals surface area contributed by atoms with Gasteiger partial charge in [-0.15, -0.1) is 0 Å². The van der Waals surface area contributed by atoms with Crippen molar-refractivity contribution in [1.29, 1.82) is 0 Å². The van der Waals surface area contributed by atoms with E-state index in [-0.39, 0.29) is 17.4 Å². The van der Waals surface area contributed by atoms with E-state index in [1.165, 1.54) is 23.3 Å². The fourth-order valence-electron chi connectivity index (χ4n) is 5.45. The minimum atomic E-state index is -0.968. The minimum Gasteiger partial charge on any atom is -0.507 e. The van der Waals surface area contributed by atoms with Gasteiger partial charge in [0, 0.05) is 12.0 Å². The zero-order chi connectivity index (χ0) is 29.5. The summed E-state index contributed by atoms with van der Waals surface area (Å²) in [5.41, 5.74) is 2.54. The van der Waals surface area contributed by atoms with Gasteiger partial charge in [-0.1, -0.05) is 17.4 Å². The van der Waals surface area contributed by atoms with E-state index >= 15 is 0 Å². The summed E-state index contributed by atoms with van der Waals surface area (Å²) in [5.74, 6) is 0.543. The van der Waals surface area contributed by atoms with E-state index in [0.29, 0.717) is 58.7 Å². The second-order valence-electron chi connectivity index (χ2n) is 10.0. The number of thiazole rings is 1. The van der Waals surface area contributed by atoms with Crippen molar-refractivity contribution in [2.75, 3.05) is 25.2 Å². The highest BCUT2D eigenvalue weighted by Crippen LogP contribution is 2.46. The highest BCUT2D eigenvalue weighted by atomic mass is 32.1. The number of aliphatic hydroxyl groups is 1. The van der Waals surface area contributed by atoms with Crippen molar-refractivity contribution >= 4 is 44.1 Å². The van der Waals surface area contributed by atoms with Crippen LogP contribution in [-0.2, 0) is 16.0 Å². The van der Waals surface area contributed by atoms with Crippen LogP contribution in [0.4, 0.5) is 5.13 Å². The maximum Gasteiger partial charge on any atom is 0.301 e. The van der Waals surface area contributed by atoms with Gasteiger partial charge in [0.05, 0.1) is 42.2 Å². The molecular weight excluding hydrogens is 556 g/mol. The van der Waals surface area contributed by atoms with Gasteiger partial charge < -0.3 is 24.1 Å². The zero-order valence-electron chi connectivity index (χ0n) is 23.7. The standard InChI is InChI=1S/C32H30N2O7S/c1-5-39-21-9-10-22-26(16-21)42-32(33-22)34-28(18-7-12-24(40-6-2)25(15-18)38-4)27(30(36)31(34)37)29(35)19-8-11-23-20(14-19)13-17(3)41-23/h7-12,14-17,28,35H,5-6,13H2,1-4H3/b29-27+/t17-,28-/m1/s1. The summed E-state index contributed by atoms with van der Waals surface area (Å²) in [6, 6.07) is 15.0. The largest absolute Gasteiger partial charge is 0.507 e. The summed E-state index contributed by atoms with van der Waals surface area (Å²) >= 11 is 1.27. The summed E-state index contributed by atoms with van der Waals surface area (Å²) in [5, 5.41) is 12.0. The number of hydrogen-bond acceptors (Lipinski definition) is 9. The molecule has 2 aliphatic rings. The number of aliphatic hydroxyl groups excluding tert-OH is 1. The molecule has 0 spiro atoms. The third kappa shape index (κ3) is 4.71. The Labute approximate surface area is 246 Å². The number of methoxy groups -OCH3 is 1. The number of ketones is 1. The van der Waals surface area contributed by atoms with Crippen molar-refractivity contribution in [1.82, 2.24) is 4.98 Å². The summed E-state index contributed by atoms with van der Waals surface area (Å²) in [6.07, 6.45) is 0.696. The van der Waals surface area contributed by atoms with Gasteiger partial charge in [-0.2, -0.15) is 0 Å². The second kappa shape index (κ2) is 11.0. The number of nitrogens with zero attached hydrogens (tertiary/aromatic N) is 2. The van der Waals surface area contributed by atoms with Crippen molar-refractivity contribution in [3.05, 3.63) is 76.9 Å². The van der Waals surface area contributed by atoms with Gasteiger partial charge in [-0.25, -0.2) is 4.98 Å². The Morgan fingerprint density at radius 1 is 1.05 bits per heavy atom. The number of carbonyl (C=O) groups is 2. The Kier molecular flexibility index (Phi) is 7.24. The molecule has 1 fully saturated rings. The normalized spacial score (nSPS) is 19.2. The molecule has 0 saturated carbocycles. The SMILES string of the molecule is CCOc1ccc2nc(N3C(=O)C(=O)/C(=C(/O)c4ccc5c(c4)C[C@@H](C)O5)[C@H]3c3ccc(OCC)c(OC)c3)sc2c1. The van der Waals surface area contributed by atoms with Gasteiger partial charge in [-0.05, 0) is 80.4 Å². The van der Waals surface area contributed by atoms with Crippen LogP contribution in [0.5, 0.6) is 23.0 Å². The molecule has 2 atom stereocenters. The molecule has 0 radical (unpaired) electrons. The van der Waals surface area contributed by atoms with E-state index in [9.17, 15) is 14.7 Å². The van der Waals surface area contributed by atoms with Gasteiger partial charge in [0.1, 0.15) is 23.4 Å². The predicted octanol–water partition coefficient (Wildman–Crippen LogP) is 6.05. The Morgan fingerprint density at radius 3 is 2.62 bits per heavy atom. The second-order valence-corrected chi connectivity index (χ2v) is 11.0. The molecule has 1 aromatic heterocycles. The van der Waals surface area contributed by atoms with E-state index in [4.69, 9.17) is 23.9 Å². The number of rotatable bonds is 8. The summed E-state index contributed by atoms with van der Waals surface area (Å²) in [4.78, 5) is 33.5. The van der Waals surface area contributed by atoms with Crippen LogP contribution in [0.1, 0.15) is 43.5 Å². The highest BCUT2D eigenvalue weighted by Gasteiger charge is 2.48. The molecule has 1 amide bonds. The van der Waals surface area contributed by atoms with Gasteiger partial charge in [0.25, 0.3) is 5.78 Å². The van der Waals surface area contributed by atoms with Crippen LogP contribution in [-0.4, -0.2) is 48.2 Å². The molecule has 6 rings (SSSR count). The molecule has 0 bridgehead atoms. The third-order valence-electron chi connectivity index (χ3n) is 7.28. The number of hydrogen-bond donors (Lipinski definition) is 1. The van der Waals surface area contributed by atoms with Gasteiger partial charge in [-0.3, -0.25) is 14.5 Å². The lowest BCUT2D eigenvalue weighted by atomic mass is 9.94. The van der Waals surface area contributed by atoms with Crippen molar-refractivity contribution in [2.24, 2.45) is 0 Å². The third-order valence-corrected chi connectivity index (χ3v) is 8.30. The molecular formula is C32H30N2O7S. The number of benzene rings is 3. The van der Waals surface area contributed by atoms with E-state index in [2.05, 4.69) is 0 Å². The molecule has 10 heteroatoms. The zero-order valence-corrected chi connectivity index (χ0v) is 24.5. The van der Waals surface area contributed by atoms with Crippen LogP contribution < -0.4 is 23.8 Å². The van der Waals surface area contributed by atoms with Gasteiger partial charge in [0.15, 0.2) is 16.6 Å². The lowest BCUT2D eigenvalue weighted by Crippen LogP contribution is -2.29. The van der Waals surface area contributed by atoms with Crippen molar-refractivity contribution in [2.45, 2.75) is 39.3 Å². The predicted molar refractivity (Wildman–Crippen MR) is 160 cm³/mol. The number of carbonyl (C=O) groups excluding carboxylic acids is 2. The van der Waals surface area contributed by atoms with E-state index in [1.807, 2.05) is 45.0 Å². The molecule has 3 aromatic carbocycles. The molecule has 3 heterocycles. The van der Waals surface area contributed by atoms with Crippen LogP contribution >= 0.6 is 11.3 Å². The lowest BCUT2D eigenvalue weighted by molar-refractivity contribution is -0.132. The number of fused-ring (bicyclic) bond motifs is 2. The topological polar surface area (TPSA) is 107 Å². The Balaban J connectivity index is 1.53. The summed E-state index contributed by atoms with van der Waals surface area (Å²) in [7, 11) is 1.52. The first-order valence-corrected chi connectivity index (χ1v) is 14.6. The van der Waals surface area contributed by atoms with Crippen LogP contribution in [0.15, 0.2) is 60.2 Å². The maximum atomic E-state index is 13.7. The van der Waals surface area contributed by atoms with E-state index in [1.54, 1.807) is 30.3 Å². The molecule has 2 aliphatic heterocycles. The monoisotopic (exact) mass is 586 g/mol. The molecule has 1 saturated heterocycles. The highest BCUT2D eigenvalue weighted by molar-refractivity contribution is 7.22. The van der Waals surface area contributed by atoms with Crippen LogP contribution in [0.3, 0.4) is 0 Å². The van der Waals surface area contributed by atoms with Crippen LogP contribution in [0.2, 0.25) is 0 Å². The average Bonchev–Trinajstić information content (AvgIpc) is 3.65. The first-order valence-electron chi connectivity index (χ1n) is 13.8. The molecule has 0 aliphatic carbocycles. The number of ether oxygens (including phenoxy) is 4. The van der Waals surface area contributed by atoms with Gasteiger partial charge >= 0.3 is 5.91 Å². The summed E-state index contributed by atoms with van der Waals surface area (Å²) < 4.78 is 23.5. The first-order chi connectivity index (χ1) is 20.3. The maximum absolute atomic E-state index is 13.7. The fourth-order valence-corrected chi connectivity index (χ4v) is 6.47. The number of amides is 1. The van der Waals surface area contributed by atoms with Crippen molar-refractivity contribution < 1.29 is 33.6 Å². The van der Waals surface area contributed by atoms with Crippen molar-refractivity contribution in [3.63, 3.8) is 0 Å². The number of Topliss-reactive ketones (excluding diaryl/α,β-unsaturated/α-hetero) is 1. The molecule has 0 unspecified atom stereocenters. The Bertz CT molecular complexity index is 1740. The number of anilines is 1. The number of aromatic nitrogens is 1. The Morgan fingerprint density at radius 2 is 1.86 bits per heavy atom. The quantitative estimate of drug-likeness (QED) is 0.151. The van der Waals surface area contributed by atoms with E-state index < -0.39 is 17.7 Å². The smallest absolute Gasteiger partial charge is 0.301 e.